The van der Waals surface area contributed by atoms with E-state index in [1.165, 1.54) is 16.7 Å². The molecule has 2 unspecified atom stereocenters. The average molecular weight is 313 g/mol. The molecule has 0 spiro atoms. The molecule has 2 rings (SSSR count). The SMILES string of the molecule is CCNc1ncc(S(=O)(=O)N2CC(C)C(N(C)C)C2)cn1. The van der Waals surface area contributed by atoms with Gasteiger partial charge in [-0.1, -0.05) is 6.92 Å². The van der Waals surface area contributed by atoms with E-state index < -0.39 is 10.0 Å². The summed E-state index contributed by atoms with van der Waals surface area (Å²) in [6.07, 6.45) is 2.74. The predicted octanol–water partition coefficient (Wildman–Crippen LogP) is 0.479. The van der Waals surface area contributed by atoms with Crippen molar-refractivity contribution in [2.75, 3.05) is 39.0 Å². The van der Waals surface area contributed by atoms with Crippen LogP contribution in [0.25, 0.3) is 0 Å². The number of aromatic nitrogens is 2. The van der Waals surface area contributed by atoms with Crippen LogP contribution in [0.15, 0.2) is 17.3 Å². The molecule has 0 aliphatic carbocycles. The van der Waals surface area contributed by atoms with E-state index in [4.69, 9.17) is 0 Å². The maximum atomic E-state index is 12.6. The van der Waals surface area contributed by atoms with Crippen LogP contribution in [0.5, 0.6) is 0 Å². The molecule has 0 radical (unpaired) electrons. The molecule has 1 aliphatic rings. The smallest absolute Gasteiger partial charge is 0.246 e. The maximum Gasteiger partial charge on any atom is 0.246 e. The van der Waals surface area contributed by atoms with Crippen LogP contribution in [-0.2, 0) is 10.0 Å². The summed E-state index contributed by atoms with van der Waals surface area (Å²) in [6.45, 7) is 5.73. The van der Waals surface area contributed by atoms with Gasteiger partial charge in [-0.2, -0.15) is 4.31 Å². The molecule has 1 aromatic heterocycles. The average Bonchev–Trinajstić information content (AvgIpc) is 2.83. The highest BCUT2D eigenvalue weighted by Gasteiger charge is 2.38. The lowest BCUT2D eigenvalue weighted by Gasteiger charge is -2.22. The molecule has 0 amide bonds. The Kier molecular flexibility index (Phi) is 4.80. The normalized spacial score (nSPS) is 23.7. The minimum absolute atomic E-state index is 0.149. The molecular weight excluding hydrogens is 290 g/mol. The first-order valence-corrected chi connectivity index (χ1v) is 8.52. The first-order chi connectivity index (χ1) is 9.86. The van der Waals surface area contributed by atoms with Crippen molar-refractivity contribution in [1.29, 1.82) is 0 Å². The molecule has 7 nitrogen and oxygen atoms in total. The zero-order chi connectivity index (χ0) is 15.6. The van der Waals surface area contributed by atoms with Gasteiger partial charge in [0.1, 0.15) is 4.90 Å². The molecule has 0 bridgehead atoms. The molecule has 0 aromatic carbocycles. The van der Waals surface area contributed by atoms with Crippen molar-refractivity contribution in [1.82, 2.24) is 19.2 Å². The van der Waals surface area contributed by atoms with Crippen LogP contribution in [0.3, 0.4) is 0 Å². The largest absolute Gasteiger partial charge is 0.355 e. The fourth-order valence-corrected chi connectivity index (χ4v) is 4.07. The molecule has 8 heteroatoms. The van der Waals surface area contributed by atoms with Gasteiger partial charge >= 0.3 is 0 Å². The fourth-order valence-electron chi connectivity index (χ4n) is 2.62. The summed E-state index contributed by atoms with van der Waals surface area (Å²) in [5, 5.41) is 2.95. The lowest BCUT2D eigenvalue weighted by atomic mass is 10.1. The molecule has 1 N–H and O–H groups in total. The number of hydrogen-bond acceptors (Lipinski definition) is 6. The van der Waals surface area contributed by atoms with Crippen molar-refractivity contribution in [3.8, 4) is 0 Å². The van der Waals surface area contributed by atoms with Crippen molar-refractivity contribution < 1.29 is 8.42 Å². The van der Waals surface area contributed by atoms with E-state index in [0.717, 1.165) is 0 Å². The second-order valence-electron chi connectivity index (χ2n) is 5.60. The summed E-state index contributed by atoms with van der Waals surface area (Å²) >= 11 is 0. The Morgan fingerprint density at radius 1 is 1.33 bits per heavy atom. The Morgan fingerprint density at radius 3 is 2.43 bits per heavy atom. The van der Waals surface area contributed by atoms with E-state index in [-0.39, 0.29) is 10.9 Å². The van der Waals surface area contributed by atoms with Gasteiger partial charge < -0.3 is 10.2 Å². The molecule has 1 aromatic rings. The molecular formula is C13H23N5O2S. The van der Waals surface area contributed by atoms with Gasteiger partial charge in [-0.3, -0.25) is 0 Å². The Morgan fingerprint density at radius 2 is 1.95 bits per heavy atom. The van der Waals surface area contributed by atoms with Crippen molar-refractivity contribution in [3.63, 3.8) is 0 Å². The number of anilines is 1. The predicted molar refractivity (Wildman–Crippen MR) is 81.6 cm³/mol. The molecule has 0 saturated carbocycles. The third-order valence-corrected chi connectivity index (χ3v) is 5.59. The van der Waals surface area contributed by atoms with E-state index in [2.05, 4.69) is 27.1 Å². The third kappa shape index (κ3) is 3.33. The van der Waals surface area contributed by atoms with E-state index in [1.807, 2.05) is 21.0 Å². The number of sulfonamides is 1. The first kappa shape index (κ1) is 16.1. The summed E-state index contributed by atoms with van der Waals surface area (Å²) in [7, 11) is 0.440. The lowest BCUT2D eigenvalue weighted by Crippen LogP contribution is -2.35. The van der Waals surface area contributed by atoms with Gasteiger partial charge in [0.15, 0.2) is 0 Å². The summed E-state index contributed by atoms with van der Waals surface area (Å²) in [5.74, 6) is 0.745. The van der Waals surface area contributed by atoms with Gasteiger partial charge in [0.05, 0.1) is 12.4 Å². The van der Waals surface area contributed by atoms with Gasteiger partial charge in [-0.05, 0) is 26.9 Å². The maximum absolute atomic E-state index is 12.6. The highest BCUT2D eigenvalue weighted by molar-refractivity contribution is 7.89. The van der Waals surface area contributed by atoms with Crippen LogP contribution in [0.2, 0.25) is 0 Å². The number of hydrogen-bond donors (Lipinski definition) is 1. The van der Waals surface area contributed by atoms with Gasteiger partial charge in [-0.25, -0.2) is 18.4 Å². The standard InChI is InChI=1S/C13H23N5O2S/c1-5-14-13-15-6-11(7-16-13)21(19,20)18-8-10(2)12(9-18)17(3)4/h6-7,10,12H,5,8-9H2,1-4H3,(H,14,15,16). The van der Waals surface area contributed by atoms with Gasteiger partial charge in [0.25, 0.3) is 0 Å². The number of likely N-dealkylation sites (N-methyl/N-ethyl adjacent to an activating group) is 1. The van der Waals surface area contributed by atoms with Crippen molar-refractivity contribution >= 4 is 16.0 Å². The van der Waals surface area contributed by atoms with Crippen LogP contribution >= 0.6 is 0 Å². The quantitative estimate of drug-likeness (QED) is 0.852. The number of nitrogens with one attached hydrogen (secondary N) is 1. The highest BCUT2D eigenvalue weighted by Crippen LogP contribution is 2.26. The van der Waals surface area contributed by atoms with E-state index in [9.17, 15) is 8.42 Å². The Labute approximate surface area is 126 Å². The molecule has 118 valence electrons. The molecule has 21 heavy (non-hydrogen) atoms. The highest BCUT2D eigenvalue weighted by atomic mass is 32.2. The van der Waals surface area contributed by atoms with Crippen LogP contribution < -0.4 is 5.32 Å². The van der Waals surface area contributed by atoms with Crippen LogP contribution in [0, 0.1) is 5.92 Å². The fraction of sp³-hybridized carbons (Fsp3) is 0.692. The third-order valence-electron chi connectivity index (χ3n) is 3.80. The summed E-state index contributed by atoms with van der Waals surface area (Å²) in [5.41, 5.74) is 0. The molecule has 2 atom stereocenters. The molecule has 1 fully saturated rings. The molecule has 1 saturated heterocycles. The van der Waals surface area contributed by atoms with E-state index >= 15 is 0 Å². The van der Waals surface area contributed by atoms with Gasteiger partial charge in [0, 0.05) is 25.7 Å². The summed E-state index contributed by atoms with van der Waals surface area (Å²) in [4.78, 5) is 10.3. The van der Waals surface area contributed by atoms with Crippen molar-refractivity contribution in [2.45, 2.75) is 24.8 Å². The zero-order valence-electron chi connectivity index (χ0n) is 12.9. The topological polar surface area (TPSA) is 78.4 Å². The first-order valence-electron chi connectivity index (χ1n) is 7.08. The van der Waals surface area contributed by atoms with E-state index in [0.29, 0.717) is 31.5 Å². The van der Waals surface area contributed by atoms with Crippen molar-refractivity contribution in [3.05, 3.63) is 12.4 Å². The monoisotopic (exact) mass is 313 g/mol. The van der Waals surface area contributed by atoms with Crippen LogP contribution in [0.4, 0.5) is 5.95 Å². The Balaban J connectivity index is 2.19. The zero-order valence-corrected chi connectivity index (χ0v) is 13.8. The Bertz CT molecular complexity index is 573. The summed E-state index contributed by atoms with van der Waals surface area (Å²) < 4.78 is 26.8. The summed E-state index contributed by atoms with van der Waals surface area (Å²) in [6, 6.07) is 0.238. The second kappa shape index (κ2) is 6.25. The lowest BCUT2D eigenvalue weighted by molar-refractivity contribution is 0.263. The van der Waals surface area contributed by atoms with Crippen LogP contribution in [-0.4, -0.2) is 67.4 Å². The van der Waals surface area contributed by atoms with Gasteiger partial charge in [-0.15, -0.1) is 0 Å². The van der Waals surface area contributed by atoms with E-state index in [1.54, 1.807) is 0 Å². The van der Waals surface area contributed by atoms with Crippen molar-refractivity contribution in [2.24, 2.45) is 5.92 Å². The minimum Gasteiger partial charge on any atom is -0.355 e. The molecule has 2 heterocycles. The number of rotatable bonds is 5. The number of nitrogens with zero attached hydrogens (tertiary/aromatic N) is 4. The molecule has 1 aliphatic heterocycles. The second-order valence-corrected chi connectivity index (χ2v) is 7.54. The minimum atomic E-state index is -3.52. The Hall–Kier alpha value is -1.25. The van der Waals surface area contributed by atoms with Gasteiger partial charge in [0.2, 0.25) is 16.0 Å². The van der Waals surface area contributed by atoms with Crippen LogP contribution in [0.1, 0.15) is 13.8 Å².